The largest absolute Gasteiger partial charge is 0.491 e. The fraction of sp³-hybridized carbons (Fsp3) is 0.650. The maximum absolute atomic E-state index is 12.9. The summed E-state index contributed by atoms with van der Waals surface area (Å²) < 4.78 is 32.8. The lowest BCUT2D eigenvalue weighted by Gasteiger charge is -2.32. The van der Waals surface area contributed by atoms with Gasteiger partial charge in [-0.25, -0.2) is 8.42 Å². The van der Waals surface area contributed by atoms with Crippen LogP contribution in [0.15, 0.2) is 29.2 Å². The molecule has 0 radical (unpaired) electrons. The van der Waals surface area contributed by atoms with E-state index in [2.05, 4.69) is 6.92 Å². The van der Waals surface area contributed by atoms with Gasteiger partial charge in [0.25, 0.3) is 0 Å². The van der Waals surface area contributed by atoms with Crippen LogP contribution in [-0.2, 0) is 14.8 Å². The average molecular weight is 397 g/mol. The third kappa shape index (κ3) is 5.69. The normalized spacial score (nSPS) is 16.5. The van der Waals surface area contributed by atoms with Crippen molar-refractivity contribution in [2.75, 3.05) is 26.7 Å². The number of unbranched alkanes of at least 4 members (excludes halogenated alkanes) is 1. The fourth-order valence-electron chi connectivity index (χ4n) is 3.27. The summed E-state index contributed by atoms with van der Waals surface area (Å²) in [5.41, 5.74) is 0. The van der Waals surface area contributed by atoms with E-state index in [1.165, 1.54) is 4.31 Å². The van der Waals surface area contributed by atoms with Gasteiger partial charge in [-0.3, -0.25) is 4.79 Å². The van der Waals surface area contributed by atoms with Crippen molar-refractivity contribution in [2.24, 2.45) is 5.92 Å². The van der Waals surface area contributed by atoms with Crippen LogP contribution >= 0.6 is 0 Å². The summed E-state index contributed by atoms with van der Waals surface area (Å²) in [6.07, 6.45) is 3.23. The molecule has 1 fully saturated rings. The van der Waals surface area contributed by atoms with Gasteiger partial charge in [0, 0.05) is 32.6 Å². The molecule has 0 aromatic heterocycles. The first kappa shape index (κ1) is 21.7. The van der Waals surface area contributed by atoms with E-state index in [4.69, 9.17) is 4.74 Å². The van der Waals surface area contributed by atoms with Crippen molar-refractivity contribution in [3.63, 3.8) is 0 Å². The third-order valence-electron chi connectivity index (χ3n) is 4.86. The molecule has 1 aliphatic rings. The first-order valence-electron chi connectivity index (χ1n) is 9.77. The molecule has 0 bridgehead atoms. The van der Waals surface area contributed by atoms with Gasteiger partial charge in [0.1, 0.15) is 5.75 Å². The summed E-state index contributed by atoms with van der Waals surface area (Å²) in [5, 5.41) is 0. The quantitative estimate of drug-likeness (QED) is 0.677. The highest BCUT2D eigenvalue weighted by molar-refractivity contribution is 7.89. The summed E-state index contributed by atoms with van der Waals surface area (Å²) in [6, 6.07) is 6.54. The molecule has 0 saturated carbocycles. The van der Waals surface area contributed by atoms with Gasteiger partial charge < -0.3 is 9.64 Å². The van der Waals surface area contributed by atoms with Crippen molar-refractivity contribution in [2.45, 2.75) is 57.5 Å². The van der Waals surface area contributed by atoms with E-state index < -0.39 is 10.0 Å². The molecule has 6 nitrogen and oxygen atoms in total. The second kappa shape index (κ2) is 9.55. The number of hydrogen-bond donors (Lipinski definition) is 0. The molecule has 1 saturated heterocycles. The number of sulfonamides is 1. The Hall–Kier alpha value is -1.60. The van der Waals surface area contributed by atoms with E-state index in [9.17, 15) is 13.2 Å². The summed E-state index contributed by atoms with van der Waals surface area (Å²) in [5.74, 6) is 0.708. The van der Waals surface area contributed by atoms with Gasteiger partial charge >= 0.3 is 0 Å². The topological polar surface area (TPSA) is 66.9 Å². The average Bonchev–Trinajstić information content (AvgIpc) is 2.65. The first-order chi connectivity index (χ1) is 12.8. The van der Waals surface area contributed by atoms with Crippen molar-refractivity contribution in [3.05, 3.63) is 24.3 Å². The molecule has 1 heterocycles. The predicted molar refractivity (Wildman–Crippen MR) is 106 cm³/mol. The second-order valence-corrected chi connectivity index (χ2v) is 9.37. The molecule has 152 valence electrons. The molecular weight excluding hydrogens is 364 g/mol. The standard InChI is InChI=1S/C20H32N2O4S/c1-5-6-13-21(4)20(23)17-11-14-22(15-12-17)27(24,25)19-9-7-18(8-10-19)26-16(2)3/h7-10,16-17H,5-6,11-15H2,1-4H3. The van der Waals surface area contributed by atoms with Crippen LogP contribution in [0.2, 0.25) is 0 Å². The van der Waals surface area contributed by atoms with Crippen LogP contribution in [0.25, 0.3) is 0 Å². The first-order valence-corrected chi connectivity index (χ1v) is 11.2. The Labute approximate surface area is 163 Å². The molecule has 1 amide bonds. The second-order valence-electron chi connectivity index (χ2n) is 7.43. The Kier molecular flexibility index (Phi) is 7.68. The monoisotopic (exact) mass is 396 g/mol. The number of ether oxygens (including phenoxy) is 1. The molecule has 0 N–H and O–H groups in total. The highest BCUT2D eigenvalue weighted by Crippen LogP contribution is 2.26. The molecular formula is C20H32N2O4S. The van der Waals surface area contributed by atoms with Crippen molar-refractivity contribution in [1.29, 1.82) is 0 Å². The van der Waals surface area contributed by atoms with Gasteiger partial charge in [0.2, 0.25) is 15.9 Å². The summed E-state index contributed by atoms with van der Waals surface area (Å²) in [6.45, 7) is 7.47. The van der Waals surface area contributed by atoms with E-state index >= 15 is 0 Å². The van der Waals surface area contributed by atoms with Gasteiger partial charge in [-0.15, -0.1) is 0 Å². The van der Waals surface area contributed by atoms with E-state index in [1.807, 2.05) is 20.9 Å². The summed E-state index contributed by atoms with van der Waals surface area (Å²) >= 11 is 0. The Bertz CT molecular complexity index is 708. The number of hydrogen-bond acceptors (Lipinski definition) is 4. The van der Waals surface area contributed by atoms with Crippen LogP contribution in [0, 0.1) is 5.92 Å². The predicted octanol–water partition coefficient (Wildman–Crippen LogP) is 3.13. The zero-order valence-corrected chi connectivity index (χ0v) is 17.7. The summed E-state index contributed by atoms with van der Waals surface area (Å²) in [4.78, 5) is 14.6. The fourth-order valence-corrected chi connectivity index (χ4v) is 4.74. The number of piperidine rings is 1. The molecule has 0 aliphatic carbocycles. The van der Waals surface area contributed by atoms with Gasteiger partial charge in [0.15, 0.2) is 0 Å². The highest BCUT2D eigenvalue weighted by atomic mass is 32.2. The van der Waals surface area contributed by atoms with Crippen molar-refractivity contribution < 1.29 is 17.9 Å². The zero-order chi connectivity index (χ0) is 20.0. The molecule has 7 heteroatoms. The van der Waals surface area contributed by atoms with Crippen molar-refractivity contribution in [1.82, 2.24) is 9.21 Å². The lowest BCUT2D eigenvalue weighted by molar-refractivity contribution is -0.135. The van der Waals surface area contributed by atoms with Gasteiger partial charge in [-0.2, -0.15) is 4.31 Å². The maximum Gasteiger partial charge on any atom is 0.243 e. The van der Waals surface area contributed by atoms with Gasteiger partial charge in [0.05, 0.1) is 11.0 Å². The SMILES string of the molecule is CCCCN(C)C(=O)C1CCN(S(=O)(=O)c2ccc(OC(C)C)cc2)CC1. The Morgan fingerprint density at radius 2 is 1.81 bits per heavy atom. The smallest absolute Gasteiger partial charge is 0.243 e. The minimum atomic E-state index is -3.54. The molecule has 0 spiro atoms. The van der Waals surface area contributed by atoms with Gasteiger partial charge in [-0.05, 0) is 57.4 Å². The van der Waals surface area contributed by atoms with Crippen molar-refractivity contribution >= 4 is 15.9 Å². The number of carbonyl (C=O) groups excluding carboxylic acids is 1. The van der Waals surface area contributed by atoms with Crippen molar-refractivity contribution in [3.8, 4) is 5.75 Å². The van der Waals surface area contributed by atoms with E-state index in [-0.39, 0.29) is 22.8 Å². The Balaban J connectivity index is 1.97. The molecule has 0 unspecified atom stereocenters. The molecule has 0 atom stereocenters. The number of benzene rings is 1. The third-order valence-corrected chi connectivity index (χ3v) is 6.77. The lowest BCUT2D eigenvalue weighted by Crippen LogP contribution is -2.43. The number of rotatable bonds is 8. The number of amides is 1. The van der Waals surface area contributed by atoms with Crippen LogP contribution in [-0.4, -0.2) is 56.3 Å². The Morgan fingerprint density at radius 3 is 2.33 bits per heavy atom. The highest BCUT2D eigenvalue weighted by Gasteiger charge is 2.33. The van der Waals surface area contributed by atoms with E-state index in [0.29, 0.717) is 31.7 Å². The van der Waals surface area contributed by atoms with Crippen LogP contribution in [0.5, 0.6) is 5.75 Å². The minimum absolute atomic E-state index is 0.0412. The molecule has 2 rings (SSSR count). The summed E-state index contributed by atoms with van der Waals surface area (Å²) in [7, 11) is -1.70. The molecule has 1 aromatic rings. The molecule has 27 heavy (non-hydrogen) atoms. The zero-order valence-electron chi connectivity index (χ0n) is 16.8. The van der Waals surface area contributed by atoms with E-state index in [1.54, 1.807) is 29.2 Å². The lowest BCUT2D eigenvalue weighted by atomic mass is 9.96. The molecule has 1 aliphatic heterocycles. The number of carbonyl (C=O) groups is 1. The van der Waals surface area contributed by atoms with Crippen LogP contribution in [0.1, 0.15) is 46.5 Å². The maximum atomic E-state index is 12.9. The minimum Gasteiger partial charge on any atom is -0.491 e. The van der Waals surface area contributed by atoms with Crippen LogP contribution < -0.4 is 4.74 Å². The van der Waals surface area contributed by atoms with Gasteiger partial charge in [-0.1, -0.05) is 13.3 Å². The van der Waals surface area contributed by atoms with Crippen LogP contribution in [0.4, 0.5) is 0 Å². The Morgan fingerprint density at radius 1 is 1.22 bits per heavy atom. The number of nitrogens with zero attached hydrogens (tertiary/aromatic N) is 2. The molecule has 1 aromatic carbocycles. The van der Waals surface area contributed by atoms with Crippen LogP contribution in [0.3, 0.4) is 0 Å². The van der Waals surface area contributed by atoms with E-state index in [0.717, 1.165) is 19.4 Å².